The van der Waals surface area contributed by atoms with Crippen molar-refractivity contribution >= 4 is 11.8 Å². The molecular weight excluding hydrogens is 438 g/mol. The zero-order valence-electron chi connectivity index (χ0n) is 20.5. The lowest BCUT2D eigenvalue weighted by molar-refractivity contribution is -0.144. The van der Waals surface area contributed by atoms with Gasteiger partial charge in [-0.25, -0.2) is 0 Å². The molecule has 0 aliphatic heterocycles. The van der Waals surface area contributed by atoms with Crippen molar-refractivity contribution in [3.63, 3.8) is 0 Å². The number of likely N-dealkylation sites (N-methyl/N-ethyl adjacent to an activating group) is 1. The van der Waals surface area contributed by atoms with Crippen molar-refractivity contribution in [3.8, 4) is 16.9 Å². The van der Waals surface area contributed by atoms with Crippen molar-refractivity contribution < 1.29 is 14.7 Å². The Morgan fingerprint density at radius 1 is 0.886 bits per heavy atom. The molecule has 0 fully saturated rings. The van der Waals surface area contributed by atoms with Crippen LogP contribution in [0.25, 0.3) is 11.1 Å². The quantitative estimate of drug-likeness (QED) is 0.524. The second-order valence-corrected chi connectivity index (χ2v) is 9.43. The number of amides is 2. The minimum Gasteiger partial charge on any atom is -0.508 e. The zero-order chi connectivity index (χ0) is 25.1. The Bertz CT molecular complexity index is 1160. The number of hydrogen-bond acceptors (Lipinski definition) is 4. The lowest BCUT2D eigenvalue weighted by Crippen LogP contribution is -2.53. The van der Waals surface area contributed by atoms with Crippen LogP contribution in [0.4, 0.5) is 0 Å². The van der Waals surface area contributed by atoms with Crippen molar-refractivity contribution in [1.82, 2.24) is 9.80 Å². The van der Waals surface area contributed by atoms with Gasteiger partial charge in [-0.3, -0.25) is 9.59 Å². The highest BCUT2D eigenvalue weighted by molar-refractivity contribution is 5.89. The van der Waals surface area contributed by atoms with Gasteiger partial charge in [-0.2, -0.15) is 0 Å². The average molecular weight is 472 g/mol. The van der Waals surface area contributed by atoms with E-state index >= 15 is 0 Å². The molecule has 2 atom stereocenters. The predicted octanol–water partition coefficient (Wildman–Crippen LogP) is 3.77. The van der Waals surface area contributed by atoms with Gasteiger partial charge in [-0.1, -0.05) is 60.7 Å². The van der Waals surface area contributed by atoms with Crippen molar-refractivity contribution in [2.24, 2.45) is 5.73 Å². The SMILES string of the molecule is C[C@H](C(=O)N(C)C)N(CCC1c2ccccc2-c2ccccc21)C(=O)C(N)Cc1ccc(O)cc1. The van der Waals surface area contributed by atoms with Gasteiger partial charge in [0.25, 0.3) is 0 Å². The summed E-state index contributed by atoms with van der Waals surface area (Å²) in [7, 11) is 3.39. The largest absolute Gasteiger partial charge is 0.508 e. The summed E-state index contributed by atoms with van der Waals surface area (Å²) in [6.07, 6.45) is 1.02. The summed E-state index contributed by atoms with van der Waals surface area (Å²) in [5.41, 5.74) is 12.2. The molecule has 3 aromatic carbocycles. The number of carbonyl (C=O) groups excluding carboxylic acids is 2. The first-order chi connectivity index (χ1) is 16.8. The Labute approximate surface area is 207 Å². The monoisotopic (exact) mass is 471 g/mol. The van der Waals surface area contributed by atoms with Gasteiger partial charge in [-0.15, -0.1) is 0 Å². The molecule has 0 saturated heterocycles. The topological polar surface area (TPSA) is 86.9 Å². The highest BCUT2D eigenvalue weighted by atomic mass is 16.3. The average Bonchev–Trinajstić information content (AvgIpc) is 3.18. The van der Waals surface area contributed by atoms with Crippen molar-refractivity contribution in [3.05, 3.63) is 89.5 Å². The fourth-order valence-corrected chi connectivity index (χ4v) is 5.03. The molecule has 0 saturated carbocycles. The van der Waals surface area contributed by atoms with E-state index in [0.29, 0.717) is 19.4 Å². The lowest BCUT2D eigenvalue weighted by Gasteiger charge is -2.33. The van der Waals surface area contributed by atoms with Crippen LogP contribution in [0.1, 0.15) is 36.0 Å². The number of phenolic OH excluding ortho intramolecular Hbond substituents is 1. The van der Waals surface area contributed by atoms with Gasteiger partial charge in [0.2, 0.25) is 11.8 Å². The fourth-order valence-electron chi connectivity index (χ4n) is 5.03. The number of carbonyl (C=O) groups is 2. The van der Waals surface area contributed by atoms with Crippen LogP contribution in [0.5, 0.6) is 5.75 Å². The molecule has 6 heteroatoms. The summed E-state index contributed by atoms with van der Waals surface area (Å²) in [6.45, 7) is 2.18. The van der Waals surface area contributed by atoms with Crippen LogP contribution in [0, 0.1) is 0 Å². The van der Waals surface area contributed by atoms with Crippen molar-refractivity contribution in [1.29, 1.82) is 0 Å². The molecule has 0 spiro atoms. The van der Waals surface area contributed by atoms with Crippen molar-refractivity contribution in [2.45, 2.75) is 37.8 Å². The van der Waals surface area contributed by atoms with Crippen LogP contribution < -0.4 is 5.73 Å². The molecule has 0 aromatic heterocycles. The molecule has 1 unspecified atom stereocenters. The molecule has 0 heterocycles. The van der Waals surface area contributed by atoms with Crippen LogP contribution in [-0.4, -0.2) is 59.4 Å². The number of nitrogens with zero attached hydrogens (tertiary/aromatic N) is 2. The zero-order valence-corrected chi connectivity index (χ0v) is 20.5. The normalized spacial score (nSPS) is 14.1. The van der Waals surface area contributed by atoms with E-state index < -0.39 is 12.1 Å². The van der Waals surface area contributed by atoms with E-state index in [0.717, 1.165) is 5.56 Å². The van der Waals surface area contributed by atoms with Crippen LogP contribution in [0.15, 0.2) is 72.8 Å². The molecule has 4 rings (SSSR count). The van der Waals surface area contributed by atoms with Crippen LogP contribution >= 0.6 is 0 Å². The molecule has 0 radical (unpaired) electrons. The van der Waals surface area contributed by atoms with E-state index in [-0.39, 0.29) is 23.5 Å². The highest BCUT2D eigenvalue weighted by Crippen LogP contribution is 2.46. The van der Waals surface area contributed by atoms with Gasteiger partial charge in [0.1, 0.15) is 11.8 Å². The third kappa shape index (κ3) is 5.08. The fraction of sp³-hybridized carbons (Fsp3) is 0.310. The van der Waals surface area contributed by atoms with Gasteiger partial charge >= 0.3 is 0 Å². The molecule has 2 amide bonds. The van der Waals surface area contributed by atoms with Gasteiger partial charge in [0, 0.05) is 26.6 Å². The van der Waals surface area contributed by atoms with Gasteiger partial charge < -0.3 is 20.6 Å². The summed E-state index contributed by atoms with van der Waals surface area (Å²) < 4.78 is 0. The summed E-state index contributed by atoms with van der Waals surface area (Å²) in [4.78, 5) is 29.6. The molecule has 182 valence electrons. The van der Waals surface area contributed by atoms with Gasteiger partial charge in [0.05, 0.1) is 6.04 Å². The smallest absolute Gasteiger partial charge is 0.244 e. The number of rotatable bonds is 8. The van der Waals surface area contributed by atoms with E-state index in [4.69, 9.17) is 5.73 Å². The third-order valence-electron chi connectivity index (χ3n) is 6.88. The Morgan fingerprint density at radius 2 is 1.43 bits per heavy atom. The van der Waals surface area contributed by atoms with Gasteiger partial charge in [-0.05, 0) is 59.7 Å². The Morgan fingerprint density at radius 3 is 1.97 bits per heavy atom. The predicted molar refractivity (Wildman–Crippen MR) is 138 cm³/mol. The van der Waals surface area contributed by atoms with Crippen LogP contribution in [0.2, 0.25) is 0 Å². The second kappa shape index (κ2) is 10.3. The van der Waals surface area contributed by atoms with Crippen LogP contribution in [0.3, 0.4) is 0 Å². The number of hydrogen-bond donors (Lipinski definition) is 2. The molecule has 35 heavy (non-hydrogen) atoms. The highest BCUT2D eigenvalue weighted by Gasteiger charge is 2.33. The number of fused-ring (bicyclic) bond motifs is 3. The lowest BCUT2D eigenvalue weighted by atomic mass is 9.93. The number of aromatic hydroxyl groups is 1. The van der Waals surface area contributed by atoms with Gasteiger partial charge in [0.15, 0.2) is 0 Å². The summed E-state index contributed by atoms with van der Waals surface area (Å²) in [6, 6.07) is 22.0. The number of benzene rings is 3. The molecular formula is C29H33N3O3. The minimum absolute atomic E-state index is 0.137. The maximum atomic E-state index is 13.6. The summed E-state index contributed by atoms with van der Waals surface area (Å²) in [5.74, 6) is -0.0759. The number of nitrogens with two attached hydrogens (primary N) is 1. The Kier molecular flexibility index (Phi) is 7.22. The third-order valence-corrected chi connectivity index (χ3v) is 6.88. The maximum Gasteiger partial charge on any atom is 0.244 e. The van der Waals surface area contributed by atoms with Crippen LogP contribution in [-0.2, 0) is 16.0 Å². The Hall–Kier alpha value is -3.64. The molecule has 0 bridgehead atoms. The first kappa shape index (κ1) is 24.5. The number of phenols is 1. The standard InChI is InChI=1S/C29H33N3O3/c1-19(28(34)31(2)3)32(29(35)27(30)18-20-12-14-21(33)15-13-20)17-16-26-24-10-6-4-8-22(24)23-9-5-7-11-25(23)26/h4-15,19,26-27,33H,16-18,30H2,1-3H3/t19-,27?/m1/s1. The first-order valence-corrected chi connectivity index (χ1v) is 12.0. The minimum atomic E-state index is -0.792. The second-order valence-electron chi connectivity index (χ2n) is 9.43. The summed E-state index contributed by atoms with van der Waals surface area (Å²) in [5, 5.41) is 9.54. The van der Waals surface area contributed by atoms with E-state index in [1.165, 1.54) is 27.2 Å². The van der Waals surface area contributed by atoms with E-state index in [2.05, 4.69) is 24.3 Å². The molecule has 1 aliphatic rings. The summed E-state index contributed by atoms with van der Waals surface area (Å²) >= 11 is 0. The van der Waals surface area contributed by atoms with E-state index in [1.54, 1.807) is 50.2 Å². The molecule has 6 nitrogen and oxygen atoms in total. The van der Waals surface area contributed by atoms with Crippen molar-refractivity contribution in [2.75, 3.05) is 20.6 Å². The molecule has 1 aliphatic carbocycles. The molecule has 3 N–H and O–H groups in total. The first-order valence-electron chi connectivity index (χ1n) is 12.0. The Balaban J connectivity index is 1.57. The maximum absolute atomic E-state index is 13.6. The van der Waals surface area contributed by atoms with E-state index in [9.17, 15) is 14.7 Å². The molecule has 3 aromatic rings. The van der Waals surface area contributed by atoms with E-state index in [1.807, 2.05) is 24.3 Å².